The van der Waals surface area contributed by atoms with Crippen LogP contribution in [0.4, 0.5) is 5.69 Å². The van der Waals surface area contributed by atoms with Crippen LogP contribution in [0.1, 0.15) is 17.5 Å². The molecule has 3 nitrogen and oxygen atoms in total. The summed E-state index contributed by atoms with van der Waals surface area (Å²) in [7, 11) is 1.73. The molecule has 1 aromatic carbocycles. The van der Waals surface area contributed by atoms with Crippen LogP contribution >= 0.6 is 0 Å². The van der Waals surface area contributed by atoms with Gasteiger partial charge in [0.25, 0.3) is 0 Å². The summed E-state index contributed by atoms with van der Waals surface area (Å²) in [5.41, 5.74) is 9.67. The van der Waals surface area contributed by atoms with Crippen molar-refractivity contribution in [2.45, 2.75) is 26.3 Å². The number of aryl methyl sites for hydroxylation is 2. The summed E-state index contributed by atoms with van der Waals surface area (Å²) in [6.45, 7) is 6.19. The van der Waals surface area contributed by atoms with Gasteiger partial charge >= 0.3 is 0 Å². The van der Waals surface area contributed by atoms with Gasteiger partial charge in [-0.05, 0) is 37.5 Å². The van der Waals surface area contributed by atoms with Gasteiger partial charge in [0.1, 0.15) is 5.75 Å². The molecule has 1 aliphatic heterocycles. The molecule has 1 unspecified atom stereocenters. The molecule has 2 N–H and O–H groups in total. The first kappa shape index (κ1) is 11.3. The van der Waals surface area contributed by atoms with Gasteiger partial charge in [0.2, 0.25) is 0 Å². The van der Waals surface area contributed by atoms with Crippen molar-refractivity contribution in [3.05, 3.63) is 23.3 Å². The molecule has 0 radical (unpaired) electrons. The first-order chi connectivity index (χ1) is 7.61. The maximum atomic E-state index is 5.95. The molecule has 88 valence electrons. The molecule has 0 amide bonds. The molecule has 2 rings (SSSR count). The SMILES string of the molecule is COc1cc(C)cc(C)c1N1CCC(N)C1. The van der Waals surface area contributed by atoms with Crippen molar-refractivity contribution in [2.75, 3.05) is 25.1 Å². The van der Waals surface area contributed by atoms with E-state index in [0.29, 0.717) is 6.04 Å². The van der Waals surface area contributed by atoms with Gasteiger partial charge in [-0.15, -0.1) is 0 Å². The fourth-order valence-corrected chi connectivity index (χ4v) is 2.47. The minimum Gasteiger partial charge on any atom is -0.495 e. The fourth-order valence-electron chi connectivity index (χ4n) is 2.47. The van der Waals surface area contributed by atoms with Crippen molar-refractivity contribution < 1.29 is 4.74 Å². The highest BCUT2D eigenvalue weighted by Crippen LogP contribution is 2.34. The Bertz CT molecular complexity index is 390. The van der Waals surface area contributed by atoms with E-state index in [1.807, 2.05) is 0 Å². The zero-order valence-electron chi connectivity index (χ0n) is 10.3. The van der Waals surface area contributed by atoms with Crippen LogP contribution in [0, 0.1) is 13.8 Å². The van der Waals surface area contributed by atoms with Crippen LogP contribution in [-0.4, -0.2) is 26.2 Å². The van der Waals surface area contributed by atoms with Crippen LogP contribution in [0.25, 0.3) is 0 Å². The zero-order valence-corrected chi connectivity index (χ0v) is 10.3. The van der Waals surface area contributed by atoms with Gasteiger partial charge in [-0.25, -0.2) is 0 Å². The Morgan fingerprint density at radius 1 is 1.38 bits per heavy atom. The van der Waals surface area contributed by atoms with Gasteiger partial charge in [-0.3, -0.25) is 0 Å². The third-order valence-corrected chi connectivity index (χ3v) is 3.17. The van der Waals surface area contributed by atoms with Gasteiger partial charge in [-0.2, -0.15) is 0 Å². The fraction of sp³-hybridized carbons (Fsp3) is 0.538. The van der Waals surface area contributed by atoms with E-state index >= 15 is 0 Å². The highest BCUT2D eigenvalue weighted by Gasteiger charge is 2.23. The average Bonchev–Trinajstić information content (AvgIpc) is 2.63. The quantitative estimate of drug-likeness (QED) is 0.826. The van der Waals surface area contributed by atoms with Crippen molar-refractivity contribution in [1.82, 2.24) is 0 Å². The minimum absolute atomic E-state index is 0.297. The number of rotatable bonds is 2. The van der Waals surface area contributed by atoms with E-state index in [1.54, 1.807) is 7.11 Å². The first-order valence-electron chi connectivity index (χ1n) is 5.77. The molecule has 1 aliphatic rings. The van der Waals surface area contributed by atoms with Gasteiger partial charge in [0, 0.05) is 19.1 Å². The van der Waals surface area contributed by atoms with Crippen molar-refractivity contribution in [3.8, 4) is 5.75 Å². The predicted octanol–water partition coefficient (Wildman–Crippen LogP) is 1.85. The lowest BCUT2D eigenvalue weighted by atomic mass is 10.1. The van der Waals surface area contributed by atoms with Gasteiger partial charge in [0.05, 0.1) is 12.8 Å². The Balaban J connectivity index is 2.39. The lowest BCUT2D eigenvalue weighted by Crippen LogP contribution is -2.27. The number of hydrogen-bond donors (Lipinski definition) is 1. The smallest absolute Gasteiger partial charge is 0.142 e. The molecule has 0 spiro atoms. The van der Waals surface area contributed by atoms with E-state index in [2.05, 4.69) is 30.9 Å². The second-order valence-corrected chi connectivity index (χ2v) is 4.63. The molecule has 0 saturated carbocycles. The van der Waals surface area contributed by atoms with Crippen molar-refractivity contribution in [3.63, 3.8) is 0 Å². The van der Waals surface area contributed by atoms with Crippen LogP contribution in [0.5, 0.6) is 5.75 Å². The number of anilines is 1. The summed E-state index contributed by atoms with van der Waals surface area (Å²) in [5.74, 6) is 0.964. The van der Waals surface area contributed by atoms with E-state index in [0.717, 1.165) is 25.3 Å². The average molecular weight is 220 g/mol. The van der Waals surface area contributed by atoms with Crippen LogP contribution in [0.2, 0.25) is 0 Å². The third kappa shape index (κ3) is 2.00. The molecule has 0 aliphatic carbocycles. The van der Waals surface area contributed by atoms with Gasteiger partial charge in [-0.1, -0.05) is 6.07 Å². The summed E-state index contributed by atoms with van der Waals surface area (Å²) >= 11 is 0. The largest absolute Gasteiger partial charge is 0.495 e. The summed E-state index contributed by atoms with van der Waals surface area (Å²) in [6.07, 6.45) is 1.07. The molecule has 1 aromatic rings. The van der Waals surface area contributed by atoms with Gasteiger partial charge in [0.15, 0.2) is 0 Å². The molecular weight excluding hydrogens is 200 g/mol. The van der Waals surface area contributed by atoms with E-state index in [9.17, 15) is 0 Å². The maximum absolute atomic E-state index is 5.95. The van der Waals surface area contributed by atoms with Crippen LogP contribution in [0.15, 0.2) is 12.1 Å². The number of nitrogens with zero attached hydrogens (tertiary/aromatic N) is 1. The number of benzene rings is 1. The molecule has 1 fully saturated rings. The Morgan fingerprint density at radius 2 is 2.12 bits per heavy atom. The third-order valence-electron chi connectivity index (χ3n) is 3.17. The summed E-state index contributed by atoms with van der Waals surface area (Å²) < 4.78 is 5.47. The highest BCUT2D eigenvalue weighted by molar-refractivity contribution is 5.65. The molecule has 0 bridgehead atoms. The first-order valence-corrected chi connectivity index (χ1v) is 5.77. The maximum Gasteiger partial charge on any atom is 0.142 e. The Kier molecular flexibility index (Phi) is 3.06. The molecule has 16 heavy (non-hydrogen) atoms. The molecule has 0 aromatic heterocycles. The zero-order chi connectivity index (χ0) is 11.7. The van der Waals surface area contributed by atoms with E-state index in [1.165, 1.54) is 16.8 Å². The highest BCUT2D eigenvalue weighted by atomic mass is 16.5. The number of hydrogen-bond acceptors (Lipinski definition) is 3. The minimum atomic E-state index is 0.297. The molecule has 3 heteroatoms. The van der Waals surface area contributed by atoms with E-state index in [-0.39, 0.29) is 0 Å². The second-order valence-electron chi connectivity index (χ2n) is 4.63. The lowest BCUT2D eigenvalue weighted by Gasteiger charge is -2.23. The van der Waals surface area contributed by atoms with Crippen LogP contribution < -0.4 is 15.4 Å². The lowest BCUT2D eigenvalue weighted by molar-refractivity contribution is 0.414. The Morgan fingerprint density at radius 3 is 2.69 bits per heavy atom. The standard InChI is InChI=1S/C13H20N2O/c1-9-6-10(2)13(12(7-9)16-3)15-5-4-11(14)8-15/h6-7,11H,4-5,8,14H2,1-3H3. The van der Waals surface area contributed by atoms with Crippen molar-refractivity contribution >= 4 is 5.69 Å². The van der Waals surface area contributed by atoms with Crippen LogP contribution in [-0.2, 0) is 0 Å². The Labute approximate surface area is 97.2 Å². The predicted molar refractivity (Wildman–Crippen MR) is 67.3 cm³/mol. The number of ether oxygens (including phenoxy) is 1. The topological polar surface area (TPSA) is 38.5 Å². The summed E-state index contributed by atoms with van der Waals surface area (Å²) in [4.78, 5) is 2.33. The molecule has 1 saturated heterocycles. The summed E-state index contributed by atoms with van der Waals surface area (Å²) in [6, 6.07) is 4.58. The van der Waals surface area contributed by atoms with Gasteiger partial charge < -0.3 is 15.4 Å². The Hall–Kier alpha value is -1.22. The van der Waals surface area contributed by atoms with Crippen molar-refractivity contribution in [2.24, 2.45) is 5.73 Å². The number of methoxy groups -OCH3 is 1. The van der Waals surface area contributed by atoms with E-state index < -0.39 is 0 Å². The number of nitrogens with two attached hydrogens (primary N) is 1. The second kappa shape index (κ2) is 4.34. The molecule has 1 heterocycles. The van der Waals surface area contributed by atoms with Crippen molar-refractivity contribution in [1.29, 1.82) is 0 Å². The van der Waals surface area contributed by atoms with Crippen LogP contribution in [0.3, 0.4) is 0 Å². The monoisotopic (exact) mass is 220 g/mol. The van der Waals surface area contributed by atoms with E-state index in [4.69, 9.17) is 10.5 Å². The summed E-state index contributed by atoms with van der Waals surface area (Å²) in [5, 5.41) is 0. The molecule has 1 atom stereocenters. The normalized spacial score (nSPS) is 20.2. The molecular formula is C13H20N2O.